The van der Waals surface area contributed by atoms with Gasteiger partial charge in [0.2, 0.25) is 0 Å². The molecule has 0 spiro atoms. The summed E-state index contributed by atoms with van der Waals surface area (Å²) in [7, 11) is 1.89. The molecule has 1 aromatic rings. The highest BCUT2D eigenvalue weighted by Gasteiger charge is 2.16. The van der Waals surface area contributed by atoms with E-state index in [1.165, 1.54) is 0 Å². The Balaban J connectivity index is 2.99. The van der Waals surface area contributed by atoms with Gasteiger partial charge in [-0.05, 0) is 19.9 Å². The monoisotopic (exact) mass is 219 g/mol. The van der Waals surface area contributed by atoms with Gasteiger partial charge in [0.1, 0.15) is 5.82 Å². The van der Waals surface area contributed by atoms with Gasteiger partial charge in [-0.15, -0.1) is 0 Å². The van der Waals surface area contributed by atoms with Gasteiger partial charge < -0.3 is 10.0 Å². The van der Waals surface area contributed by atoms with Crippen molar-refractivity contribution in [1.29, 1.82) is 5.26 Å². The maximum absolute atomic E-state index is 9.63. The normalized spacial score (nSPS) is 13.9. The Morgan fingerprint density at radius 1 is 1.56 bits per heavy atom. The van der Waals surface area contributed by atoms with Crippen molar-refractivity contribution in [2.75, 3.05) is 11.9 Å². The van der Waals surface area contributed by atoms with Crippen LogP contribution in [0, 0.1) is 11.3 Å². The minimum absolute atomic E-state index is 0.0809. The number of aromatic nitrogens is 1. The fraction of sp³-hybridized carbons (Fsp3) is 0.500. The van der Waals surface area contributed by atoms with Gasteiger partial charge in [-0.1, -0.05) is 6.07 Å². The molecule has 0 aliphatic rings. The number of hydrogen-bond donors (Lipinski definition) is 1. The Bertz CT molecular complexity index is 384. The highest BCUT2D eigenvalue weighted by atomic mass is 16.3. The minimum atomic E-state index is -0.555. The molecule has 4 heteroatoms. The smallest absolute Gasteiger partial charge is 0.134 e. The zero-order valence-corrected chi connectivity index (χ0v) is 9.88. The van der Waals surface area contributed by atoms with Crippen LogP contribution in [-0.4, -0.2) is 23.2 Å². The first-order valence-electron chi connectivity index (χ1n) is 5.30. The summed E-state index contributed by atoms with van der Waals surface area (Å²) in [6, 6.07) is 5.87. The van der Waals surface area contributed by atoms with Crippen molar-refractivity contribution in [3.05, 3.63) is 23.9 Å². The van der Waals surface area contributed by atoms with Gasteiger partial charge in [0.05, 0.1) is 18.6 Å². The molecule has 4 nitrogen and oxygen atoms in total. The van der Waals surface area contributed by atoms with Crippen LogP contribution in [0.2, 0.25) is 0 Å². The van der Waals surface area contributed by atoms with Crippen LogP contribution in [0.1, 0.15) is 31.9 Å². The molecular weight excluding hydrogens is 202 g/mol. The molecule has 0 aromatic carbocycles. The van der Waals surface area contributed by atoms with E-state index in [9.17, 15) is 5.11 Å². The number of anilines is 1. The predicted molar refractivity (Wildman–Crippen MR) is 63.0 cm³/mol. The molecule has 0 aliphatic heterocycles. The van der Waals surface area contributed by atoms with E-state index >= 15 is 0 Å². The van der Waals surface area contributed by atoms with Crippen LogP contribution in [-0.2, 0) is 0 Å². The van der Waals surface area contributed by atoms with Gasteiger partial charge in [-0.3, -0.25) is 0 Å². The van der Waals surface area contributed by atoms with Crippen LogP contribution < -0.4 is 4.90 Å². The van der Waals surface area contributed by atoms with E-state index in [-0.39, 0.29) is 6.04 Å². The second-order valence-corrected chi connectivity index (χ2v) is 3.91. The topological polar surface area (TPSA) is 60.2 Å². The number of aliphatic hydroxyl groups excluding tert-OH is 1. The average molecular weight is 219 g/mol. The minimum Gasteiger partial charge on any atom is -0.389 e. The van der Waals surface area contributed by atoms with Gasteiger partial charge in [-0.2, -0.15) is 5.26 Å². The number of rotatable bonds is 4. The summed E-state index contributed by atoms with van der Waals surface area (Å²) in [4.78, 5) is 6.18. The third-order valence-corrected chi connectivity index (χ3v) is 2.65. The lowest BCUT2D eigenvalue weighted by molar-refractivity contribution is 0.199. The number of aliphatic hydroxyl groups is 1. The van der Waals surface area contributed by atoms with E-state index in [0.717, 1.165) is 11.4 Å². The first-order valence-corrected chi connectivity index (χ1v) is 5.30. The van der Waals surface area contributed by atoms with E-state index in [4.69, 9.17) is 5.26 Å². The molecular formula is C12H17N3O. The molecule has 0 bridgehead atoms. The third-order valence-electron chi connectivity index (χ3n) is 2.65. The van der Waals surface area contributed by atoms with Crippen LogP contribution in [0.3, 0.4) is 0 Å². The van der Waals surface area contributed by atoms with Gasteiger partial charge in [0.15, 0.2) is 0 Å². The van der Waals surface area contributed by atoms with Crippen molar-refractivity contribution in [1.82, 2.24) is 4.98 Å². The van der Waals surface area contributed by atoms with Crippen molar-refractivity contribution in [2.45, 2.75) is 32.4 Å². The largest absolute Gasteiger partial charge is 0.389 e. The molecule has 0 aliphatic carbocycles. The van der Waals surface area contributed by atoms with E-state index in [1.807, 2.05) is 24.9 Å². The first kappa shape index (κ1) is 12.5. The summed E-state index contributed by atoms with van der Waals surface area (Å²) in [5.41, 5.74) is 0.787. The van der Waals surface area contributed by atoms with Gasteiger partial charge in [0.25, 0.3) is 0 Å². The molecule has 0 fully saturated rings. The number of nitrogens with zero attached hydrogens (tertiary/aromatic N) is 3. The zero-order valence-electron chi connectivity index (χ0n) is 9.88. The van der Waals surface area contributed by atoms with Crippen molar-refractivity contribution >= 4 is 5.82 Å². The Hall–Kier alpha value is -1.60. The quantitative estimate of drug-likeness (QED) is 0.839. The zero-order chi connectivity index (χ0) is 12.1. The van der Waals surface area contributed by atoms with Crippen LogP contribution in [0.15, 0.2) is 18.3 Å². The van der Waals surface area contributed by atoms with Crippen molar-refractivity contribution < 1.29 is 5.11 Å². The van der Waals surface area contributed by atoms with E-state index in [1.54, 1.807) is 19.2 Å². The Morgan fingerprint density at radius 2 is 2.25 bits per heavy atom. The van der Waals surface area contributed by atoms with Crippen LogP contribution in [0.25, 0.3) is 0 Å². The summed E-state index contributed by atoms with van der Waals surface area (Å²) < 4.78 is 0. The molecule has 1 heterocycles. The maximum Gasteiger partial charge on any atom is 0.134 e. The molecule has 1 unspecified atom stereocenters. The highest BCUT2D eigenvalue weighted by Crippen LogP contribution is 2.24. The Labute approximate surface area is 96.2 Å². The molecule has 1 N–H and O–H groups in total. The molecule has 0 radical (unpaired) electrons. The molecule has 2 atom stereocenters. The number of nitriles is 1. The molecule has 0 saturated carbocycles. The van der Waals surface area contributed by atoms with Crippen LogP contribution in [0.4, 0.5) is 5.82 Å². The Kier molecular flexibility index (Phi) is 4.27. The second kappa shape index (κ2) is 5.47. The molecule has 1 rings (SSSR count). The number of pyridine rings is 1. The summed E-state index contributed by atoms with van der Waals surface area (Å²) in [6.07, 6.45) is 1.57. The molecule has 0 amide bonds. The third kappa shape index (κ3) is 2.71. The predicted octanol–water partition coefficient (Wildman–Crippen LogP) is 1.87. The molecule has 16 heavy (non-hydrogen) atoms. The van der Waals surface area contributed by atoms with Gasteiger partial charge in [0, 0.05) is 24.8 Å². The second-order valence-electron chi connectivity index (χ2n) is 3.91. The molecule has 86 valence electrons. The molecule has 1 aromatic heterocycles. The van der Waals surface area contributed by atoms with E-state index in [2.05, 4.69) is 11.1 Å². The van der Waals surface area contributed by atoms with Crippen molar-refractivity contribution in [3.63, 3.8) is 0 Å². The summed E-state index contributed by atoms with van der Waals surface area (Å²) in [5.74, 6) is 0.736. The van der Waals surface area contributed by atoms with Crippen molar-refractivity contribution in [2.24, 2.45) is 0 Å². The van der Waals surface area contributed by atoms with Gasteiger partial charge in [-0.25, -0.2) is 4.98 Å². The maximum atomic E-state index is 9.63. The summed E-state index contributed by atoms with van der Waals surface area (Å²) in [6.45, 7) is 3.67. The lowest BCUT2D eigenvalue weighted by Crippen LogP contribution is -2.30. The molecule has 0 saturated heterocycles. The number of hydrogen-bond acceptors (Lipinski definition) is 4. The summed E-state index contributed by atoms with van der Waals surface area (Å²) in [5, 5.41) is 18.3. The van der Waals surface area contributed by atoms with Gasteiger partial charge >= 0.3 is 0 Å². The lowest BCUT2D eigenvalue weighted by atomic mass is 10.1. The average Bonchev–Trinajstić information content (AvgIpc) is 2.28. The van der Waals surface area contributed by atoms with Crippen molar-refractivity contribution in [3.8, 4) is 6.07 Å². The van der Waals surface area contributed by atoms with E-state index < -0.39 is 6.10 Å². The van der Waals surface area contributed by atoms with E-state index in [0.29, 0.717) is 6.42 Å². The lowest BCUT2D eigenvalue weighted by Gasteiger charge is -2.26. The van der Waals surface area contributed by atoms with Crippen LogP contribution in [0.5, 0.6) is 0 Å². The summed E-state index contributed by atoms with van der Waals surface area (Å²) >= 11 is 0. The SMILES string of the molecule is CC(CC#N)N(C)c1ncccc1[C@@H](C)O. The standard InChI is InChI=1S/C12H17N3O/c1-9(6-7-13)15(3)12-11(10(2)16)5-4-8-14-12/h4-5,8-10,16H,6H2,1-3H3/t9?,10-/m1/s1. The fourth-order valence-electron chi connectivity index (χ4n) is 1.51. The first-order chi connectivity index (χ1) is 7.57. The van der Waals surface area contributed by atoms with Crippen LogP contribution >= 0.6 is 0 Å². The fourth-order valence-corrected chi connectivity index (χ4v) is 1.51. The highest BCUT2D eigenvalue weighted by molar-refractivity contribution is 5.47. The Morgan fingerprint density at radius 3 is 2.81 bits per heavy atom.